The first-order valence-electron chi connectivity index (χ1n) is 11.4. The Kier molecular flexibility index (Phi) is 6.02. The minimum Gasteiger partial charge on any atom is -0.496 e. The number of aromatic nitrogens is 3. The standard InChI is InChI=1S/C26H26N4O4S/c1-17-24-21(26(31)27-15-19-10-6-7-11-23(19)34-2)14-22(18-8-4-3-5-9-18)28-25(24)30(29-17)20-12-13-35(32,33)16-20/h3-11,14,20H,12-13,15-16H2,1-2H3,(H,27,31)/t20-/m0/s1. The van der Waals surface area contributed by atoms with E-state index in [4.69, 9.17) is 9.72 Å². The van der Waals surface area contributed by atoms with Gasteiger partial charge in [-0.3, -0.25) is 4.79 Å². The molecule has 1 saturated heterocycles. The Morgan fingerprint density at radius 3 is 2.60 bits per heavy atom. The molecule has 1 fully saturated rings. The zero-order valence-electron chi connectivity index (χ0n) is 19.6. The van der Waals surface area contributed by atoms with Crippen molar-refractivity contribution in [1.29, 1.82) is 0 Å². The van der Waals surface area contributed by atoms with E-state index >= 15 is 0 Å². The summed E-state index contributed by atoms with van der Waals surface area (Å²) in [5.41, 5.74) is 3.96. The second-order valence-corrected chi connectivity index (χ2v) is 10.9. The van der Waals surface area contributed by atoms with Crippen LogP contribution in [0.15, 0.2) is 60.7 Å². The second-order valence-electron chi connectivity index (χ2n) is 8.70. The van der Waals surface area contributed by atoms with Crippen molar-refractivity contribution in [3.63, 3.8) is 0 Å². The van der Waals surface area contributed by atoms with Gasteiger partial charge in [-0.2, -0.15) is 5.10 Å². The van der Waals surface area contributed by atoms with Crippen molar-refractivity contribution in [2.24, 2.45) is 0 Å². The summed E-state index contributed by atoms with van der Waals surface area (Å²) in [6.07, 6.45) is 0.477. The van der Waals surface area contributed by atoms with E-state index in [1.165, 1.54) is 0 Å². The summed E-state index contributed by atoms with van der Waals surface area (Å²) < 4.78 is 31.4. The van der Waals surface area contributed by atoms with Gasteiger partial charge in [0.1, 0.15) is 5.75 Å². The zero-order chi connectivity index (χ0) is 24.6. The molecule has 0 bridgehead atoms. The highest BCUT2D eigenvalue weighted by atomic mass is 32.2. The fourth-order valence-electron chi connectivity index (χ4n) is 4.59. The van der Waals surface area contributed by atoms with E-state index in [9.17, 15) is 13.2 Å². The predicted molar refractivity (Wildman–Crippen MR) is 134 cm³/mol. The molecule has 1 N–H and O–H groups in total. The Labute approximate surface area is 203 Å². The number of carbonyl (C=O) groups excluding carboxylic acids is 1. The fraction of sp³-hybridized carbons (Fsp3) is 0.269. The van der Waals surface area contributed by atoms with Gasteiger partial charge in [0.25, 0.3) is 5.91 Å². The number of hydrogen-bond acceptors (Lipinski definition) is 6. The number of rotatable bonds is 6. The van der Waals surface area contributed by atoms with Crippen molar-refractivity contribution in [1.82, 2.24) is 20.1 Å². The van der Waals surface area contributed by atoms with E-state index in [0.29, 0.717) is 46.7 Å². The van der Waals surface area contributed by atoms with Crippen LogP contribution in [0.25, 0.3) is 22.3 Å². The minimum atomic E-state index is -3.12. The van der Waals surface area contributed by atoms with Crippen molar-refractivity contribution in [2.45, 2.75) is 25.9 Å². The lowest BCUT2D eigenvalue weighted by atomic mass is 10.0. The predicted octanol–water partition coefficient (Wildman–Crippen LogP) is 3.70. The molecule has 5 rings (SSSR count). The molecule has 0 saturated carbocycles. The Hall–Kier alpha value is -3.72. The van der Waals surface area contributed by atoms with E-state index in [-0.39, 0.29) is 23.5 Å². The van der Waals surface area contributed by atoms with Crippen molar-refractivity contribution >= 4 is 26.8 Å². The Balaban J connectivity index is 1.60. The largest absolute Gasteiger partial charge is 0.496 e. The number of aryl methyl sites for hydroxylation is 1. The third-order valence-corrected chi connectivity index (χ3v) is 8.09. The summed E-state index contributed by atoms with van der Waals surface area (Å²) in [7, 11) is -1.52. The molecule has 4 aromatic rings. The molecule has 1 atom stereocenters. The van der Waals surface area contributed by atoms with Crippen molar-refractivity contribution in [2.75, 3.05) is 18.6 Å². The van der Waals surface area contributed by atoms with Crippen LogP contribution in [-0.4, -0.2) is 47.7 Å². The molecule has 9 heteroatoms. The summed E-state index contributed by atoms with van der Waals surface area (Å²) in [5, 5.41) is 8.28. The number of amides is 1. The lowest BCUT2D eigenvalue weighted by molar-refractivity contribution is 0.0952. The van der Waals surface area contributed by atoms with Gasteiger partial charge in [0, 0.05) is 17.7 Å². The third kappa shape index (κ3) is 4.51. The van der Waals surface area contributed by atoms with E-state index < -0.39 is 9.84 Å². The van der Waals surface area contributed by atoms with Gasteiger partial charge >= 0.3 is 0 Å². The molecule has 1 aliphatic heterocycles. The third-order valence-electron chi connectivity index (χ3n) is 6.34. The quantitative estimate of drug-likeness (QED) is 0.442. The maximum absolute atomic E-state index is 13.5. The molecule has 35 heavy (non-hydrogen) atoms. The zero-order valence-corrected chi connectivity index (χ0v) is 20.4. The van der Waals surface area contributed by atoms with Crippen LogP contribution < -0.4 is 10.1 Å². The molecule has 2 aromatic heterocycles. The van der Waals surface area contributed by atoms with Crippen LogP contribution in [0.2, 0.25) is 0 Å². The summed E-state index contributed by atoms with van der Waals surface area (Å²) in [4.78, 5) is 18.3. The number of sulfone groups is 1. The molecule has 0 aliphatic carbocycles. The van der Waals surface area contributed by atoms with Crippen LogP contribution in [0.3, 0.4) is 0 Å². The van der Waals surface area contributed by atoms with Gasteiger partial charge in [-0.1, -0.05) is 48.5 Å². The summed E-state index contributed by atoms with van der Waals surface area (Å²) >= 11 is 0. The molecule has 1 amide bonds. The second kappa shape index (κ2) is 9.14. The maximum Gasteiger partial charge on any atom is 0.252 e. The minimum absolute atomic E-state index is 0.0236. The van der Waals surface area contributed by atoms with Gasteiger partial charge < -0.3 is 10.1 Å². The SMILES string of the molecule is COc1ccccc1CNC(=O)c1cc(-c2ccccc2)nc2c1c(C)nn2[C@H]1CCS(=O)(=O)C1. The lowest BCUT2D eigenvalue weighted by Crippen LogP contribution is -2.23. The van der Waals surface area contributed by atoms with Gasteiger partial charge in [0.05, 0.1) is 47.0 Å². The number of pyridine rings is 1. The smallest absolute Gasteiger partial charge is 0.252 e. The van der Waals surface area contributed by atoms with Gasteiger partial charge in [-0.05, 0) is 25.5 Å². The van der Waals surface area contributed by atoms with E-state index in [1.807, 2.05) is 61.5 Å². The summed E-state index contributed by atoms with van der Waals surface area (Å²) in [5.74, 6) is 0.588. The number of hydrogen-bond donors (Lipinski definition) is 1. The van der Waals surface area contributed by atoms with Crippen LogP contribution >= 0.6 is 0 Å². The van der Waals surface area contributed by atoms with E-state index in [1.54, 1.807) is 17.9 Å². The Morgan fingerprint density at radius 2 is 1.89 bits per heavy atom. The number of carbonyl (C=O) groups is 1. The molecule has 8 nitrogen and oxygen atoms in total. The van der Waals surface area contributed by atoms with E-state index in [2.05, 4.69) is 10.4 Å². The van der Waals surface area contributed by atoms with Crippen molar-refractivity contribution < 1.29 is 17.9 Å². The molecular weight excluding hydrogens is 464 g/mol. The molecule has 0 unspecified atom stereocenters. The number of nitrogens with zero attached hydrogens (tertiary/aromatic N) is 3. The van der Waals surface area contributed by atoms with Crippen LogP contribution in [-0.2, 0) is 16.4 Å². The Bertz CT molecular complexity index is 1510. The van der Waals surface area contributed by atoms with Gasteiger partial charge in [0.15, 0.2) is 15.5 Å². The van der Waals surface area contributed by atoms with Crippen LogP contribution in [0.4, 0.5) is 0 Å². The highest BCUT2D eigenvalue weighted by Gasteiger charge is 2.32. The normalized spacial score (nSPS) is 16.9. The topological polar surface area (TPSA) is 103 Å². The number of fused-ring (bicyclic) bond motifs is 1. The molecule has 2 aromatic carbocycles. The Morgan fingerprint density at radius 1 is 1.14 bits per heavy atom. The van der Waals surface area contributed by atoms with Crippen LogP contribution in [0, 0.1) is 6.92 Å². The van der Waals surface area contributed by atoms with Crippen LogP contribution in [0.1, 0.15) is 34.1 Å². The average Bonchev–Trinajstić information content (AvgIpc) is 3.41. The number of nitrogens with one attached hydrogen (secondary N) is 1. The van der Waals surface area contributed by atoms with E-state index in [0.717, 1.165) is 11.1 Å². The number of para-hydroxylation sites is 1. The first-order valence-corrected chi connectivity index (χ1v) is 13.2. The number of methoxy groups -OCH3 is 1. The average molecular weight is 491 g/mol. The number of benzene rings is 2. The monoisotopic (exact) mass is 490 g/mol. The van der Waals surface area contributed by atoms with Gasteiger partial charge in [-0.15, -0.1) is 0 Å². The molecule has 0 radical (unpaired) electrons. The summed E-state index contributed by atoms with van der Waals surface area (Å²) in [6.45, 7) is 2.12. The first kappa shape index (κ1) is 23.0. The number of ether oxygens (including phenoxy) is 1. The molecule has 180 valence electrons. The summed E-state index contributed by atoms with van der Waals surface area (Å²) in [6, 6.07) is 18.6. The van der Waals surface area contributed by atoms with Crippen molar-refractivity contribution in [3.8, 4) is 17.0 Å². The molecular formula is C26H26N4O4S. The fourth-order valence-corrected chi connectivity index (χ4v) is 6.28. The molecule has 0 spiro atoms. The highest BCUT2D eigenvalue weighted by molar-refractivity contribution is 7.91. The van der Waals surface area contributed by atoms with Crippen molar-refractivity contribution in [3.05, 3.63) is 77.5 Å². The first-order chi connectivity index (χ1) is 16.9. The molecule has 3 heterocycles. The highest BCUT2D eigenvalue weighted by Crippen LogP contribution is 2.32. The molecule has 1 aliphatic rings. The lowest BCUT2D eigenvalue weighted by Gasteiger charge is -2.13. The maximum atomic E-state index is 13.5. The van der Waals surface area contributed by atoms with Crippen LogP contribution in [0.5, 0.6) is 5.75 Å². The van der Waals surface area contributed by atoms with Gasteiger partial charge in [0.2, 0.25) is 0 Å². The van der Waals surface area contributed by atoms with Gasteiger partial charge in [-0.25, -0.2) is 18.1 Å².